The number of phosphoric acid groups is 1. The molecule has 5 nitrogen and oxygen atoms in total. The molecule has 0 saturated heterocycles. The molecule has 1 aliphatic rings. The summed E-state index contributed by atoms with van der Waals surface area (Å²) in [5.74, 6) is 0. The van der Waals surface area contributed by atoms with Gasteiger partial charge in [-0.05, 0) is 18.1 Å². The zero-order valence-electron chi connectivity index (χ0n) is 7.42. The zero-order chi connectivity index (χ0) is 10.6. The second-order valence-electron chi connectivity index (χ2n) is 2.85. The van der Waals surface area contributed by atoms with Crippen molar-refractivity contribution in [2.24, 2.45) is 0 Å². The van der Waals surface area contributed by atoms with E-state index in [1.807, 2.05) is 0 Å². The van der Waals surface area contributed by atoms with Crippen LogP contribution < -0.4 is 5.32 Å². The van der Waals surface area contributed by atoms with E-state index in [9.17, 15) is 0 Å². The van der Waals surface area contributed by atoms with Crippen LogP contribution in [0.3, 0.4) is 0 Å². The van der Waals surface area contributed by atoms with E-state index in [0.717, 1.165) is 6.54 Å². The Kier molecular flexibility index (Phi) is 3.66. The molecule has 0 radical (unpaired) electrons. The highest BCUT2D eigenvalue weighted by Gasteiger charge is 2.05. The van der Waals surface area contributed by atoms with Crippen molar-refractivity contribution in [1.82, 2.24) is 0 Å². The van der Waals surface area contributed by atoms with E-state index in [1.54, 1.807) is 0 Å². The van der Waals surface area contributed by atoms with E-state index in [2.05, 4.69) is 29.6 Å². The van der Waals surface area contributed by atoms with Crippen LogP contribution in [0.2, 0.25) is 0 Å². The summed E-state index contributed by atoms with van der Waals surface area (Å²) in [7, 11) is -4.64. The van der Waals surface area contributed by atoms with Gasteiger partial charge in [0.25, 0.3) is 0 Å². The number of para-hydroxylation sites is 1. The van der Waals surface area contributed by atoms with E-state index in [1.165, 1.54) is 17.7 Å². The molecule has 0 fully saturated rings. The Morgan fingerprint density at radius 1 is 1.21 bits per heavy atom. The Bertz CT molecular complexity index is 318. The molecule has 1 aromatic rings. The SMILES string of the molecule is O=P(O)(O)O.c1ccc2c(c1)CCN2. The molecule has 0 spiro atoms. The van der Waals surface area contributed by atoms with Gasteiger partial charge < -0.3 is 20.0 Å². The van der Waals surface area contributed by atoms with Crippen LogP contribution in [0.25, 0.3) is 0 Å². The average molecular weight is 217 g/mol. The van der Waals surface area contributed by atoms with Crippen molar-refractivity contribution >= 4 is 13.5 Å². The maximum absolute atomic E-state index is 8.88. The molecule has 0 atom stereocenters. The van der Waals surface area contributed by atoms with Crippen LogP contribution in [0.5, 0.6) is 0 Å². The van der Waals surface area contributed by atoms with Crippen molar-refractivity contribution in [3.05, 3.63) is 29.8 Å². The first-order valence-corrected chi connectivity index (χ1v) is 5.63. The number of rotatable bonds is 0. The lowest BCUT2D eigenvalue weighted by atomic mass is 10.2. The summed E-state index contributed by atoms with van der Waals surface area (Å²) in [5, 5.41) is 3.30. The molecule has 0 unspecified atom stereocenters. The van der Waals surface area contributed by atoms with E-state index in [4.69, 9.17) is 19.2 Å². The van der Waals surface area contributed by atoms with Crippen LogP contribution >= 0.6 is 7.82 Å². The quantitative estimate of drug-likeness (QED) is 0.481. The maximum Gasteiger partial charge on any atom is 0.466 e. The minimum absolute atomic E-state index is 1.11. The molecule has 0 aromatic heterocycles. The smallest absolute Gasteiger partial charge is 0.384 e. The van der Waals surface area contributed by atoms with Gasteiger partial charge in [-0.1, -0.05) is 18.2 Å². The lowest BCUT2D eigenvalue weighted by Gasteiger charge is -1.94. The van der Waals surface area contributed by atoms with Gasteiger partial charge in [-0.2, -0.15) is 0 Å². The first kappa shape index (κ1) is 11.2. The Labute approximate surface area is 81.6 Å². The van der Waals surface area contributed by atoms with Gasteiger partial charge in [-0.3, -0.25) is 0 Å². The molecule has 0 amide bonds. The third-order valence-electron chi connectivity index (χ3n) is 1.73. The third-order valence-corrected chi connectivity index (χ3v) is 1.73. The number of anilines is 1. The fourth-order valence-corrected chi connectivity index (χ4v) is 1.24. The summed E-state index contributed by atoms with van der Waals surface area (Å²) in [5.41, 5.74) is 2.77. The number of nitrogens with one attached hydrogen (secondary N) is 1. The van der Waals surface area contributed by atoms with Crippen LogP contribution in [0, 0.1) is 0 Å². The van der Waals surface area contributed by atoms with Gasteiger partial charge in [-0.15, -0.1) is 0 Å². The number of fused-ring (bicyclic) bond motifs is 1. The minimum atomic E-state index is -4.64. The molecule has 6 heteroatoms. The molecular formula is C8H12NO4P. The van der Waals surface area contributed by atoms with Crippen LogP contribution in [0.4, 0.5) is 5.69 Å². The molecule has 0 aliphatic carbocycles. The largest absolute Gasteiger partial charge is 0.466 e. The Morgan fingerprint density at radius 2 is 1.79 bits per heavy atom. The summed E-state index contributed by atoms with van der Waals surface area (Å²) < 4.78 is 8.88. The molecule has 2 rings (SSSR count). The van der Waals surface area contributed by atoms with Gasteiger partial charge in [0.15, 0.2) is 0 Å². The second-order valence-corrected chi connectivity index (χ2v) is 3.87. The van der Waals surface area contributed by atoms with Crippen molar-refractivity contribution in [2.45, 2.75) is 6.42 Å². The molecule has 14 heavy (non-hydrogen) atoms. The van der Waals surface area contributed by atoms with Gasteiger partial charge >= 0.3 is 7.82 Å². The first-order valence-electron chi connectivity index (χ1n) is 4.07. The molecule has 1 heterocycles. The number of benzene rings is 1. The summed E-state index contributed by atoms with van der Waals surface area (Å²) in [6.45, 7) is 1.11. The first-order chi connectivity index (χ1) is 6.47. The van der Waals surface area contributed by atoms with Gasteiger partial charge in [0, 0.05) is 12.2 Å². The van der Waals surface area contributed by atoms with E-state index < -0.39 is 7.82 Å². The Hall–Kier alpha value is -0.870. The Balaban J connectivity index is 0.000000171. The Morgan fingerprint density at radius 3 is 2.36 bits per heavy atom. The predicted molar refractivity (Wildman–Crippen MR) is 52.9 cm³/mol. The van der Waals surface area contributed by atoms with Crippen molar-refractivity contribution < 1.29 is 19.2 Å². The maximum atomic E-state index is 8.88. The molecule has 4 N–H and O–H groups in total. The summed E-state index contributed by atoms with van der Waals surface area (Å²) in [6.07, 6.45) is 1.19. The highest BCUT2D eigenvalue weighted by atomic mass is 31.2. The topological polar surface area (TPSA) is 89.8 Å². The molecular weight excluding hydrogens is 205 g/mol. The standard InChI is InChI=1S/C8H9N.H3O4P/c1-2-4-8-7(3-1)5-6-9-8;1-5(2,3)4/h1-4,9H,5-6H2;(H3,1,2,3,4). The molecule has 78 valence electrons. The normalized spacial score (nSPS) is 13.6. The van der Waals surface area contributed by atoms with Crippen LogP contribution in [0.1, 0.15) is 5.56 Å². The molecule has 1 aromatic carbocycles. The number of hydrogen-bond acceptors (Lipinski definition) is 2. The monoisotopic (exact) mass is 217 g/mol. The van der Waals surface area contributed by atoms with Crippen molar-refractivity contribution in [3.63, 3.8) is 0 Å². The van der Waals surface area contributed by atoms with Crippen LogP contribution in [0.15, 0.2) is 24.3 Å². The van der Waals surface area contributed by atoms with E-state index >= 15 is 0 Å². The summed E-state index contributed by atoms with van der Waals surface area (Å²) in [4.78, 5) is 21.6. The van der Waals surface area contributed by atoms with Gasteiger partial charge in [0.05, 0.1) is 0 Å². The molecule has 0 bridgehead atoms. The van der Waals surface area contributed by atoms with E-state index in [0.29, 0.717) is 0 Å². The van der Waals surface area contributed by atoms with Gasteiger partial charge in [-0.25, -0.2) is 4.57 Å². The van der Waals surface area contributed by atoms with Crippen molar-refractivity contribution in [2.75, 3.05) is 11.9 Å². The van der Waals surface area contributed by atoms with E-state index in [-0.39, 0.29) is 0 Å². The van der Waals surface area contributed by atoms with Gasteiger partial charge in [0.1, 0.15) is 0 Å². The summed E-state index contributed by atoms with van der Waals surface area (Å²) in [6, 6.07) is 8.46. The van der Waals surface area contributed by atoms with Gasteiger partial charge in [0.2, 0.25) is 0 Å². The lowest BCUT2D eigenvalue weighted by molar-refractivity contribution is 0.275. The third kappa shape index (κ3) is 4.39. The van der Waals surface area contributed by atoms with Crippen molar-refractivity contribution in [1.29, 1.82) is 0 Å². The fourth-order valence-electron chi connectivity index (χ4n) is 1.24. The summed E-state index contributed by atoms with van der Waals surface area (Å²) >= 11 is 0. The van der Waals surface area contributed by atoms with Crippen LogP contribution in [-0.4, -0.2) is 21.2 Å². The number of hydrogen-bond donors (Lipinski definition) is 4. The zero-order valence-corrected chi connectivity index (χ0v) is 8.32. The average Bonchev–Trinajstić information content (AvgIpc) is 2.47. The van der Waals surface area contributed by atoms with Crippen LogP contribution in [-0.2, 0) is 11.0 Å². The van der Waals surface area contributed by atoms with Crippen molar-refractivity contribution in [3.8, 4) is 0 Å². The molecule has 1 aliphatic heterocycles. The predicted octanol–water partition coefficient (Wildman–Crippen LogP) is 0.726. The highest BCUT2D eigenvalue weighted by molar-refractivity contribution is 7.45. The minimum Gasteiger partial charge on any atom is -0.384 e. The molecule has 0 saturated carbocycles. The second kappa shape index (κ2) is 4.57. The lowest BCUT2D eigenvalue weighted by Crippen LogP contribution is -1.90. The fraction of sp³-hybridized carbons (Fsp3) is 0.250. The highest BCUT2D eigenvalue weighted by Crippen LogP contribution is 2.25.